The first-order chi connectivity index (χ1) is 16.4. The van der Waals surface area contributed by atoms with E-state index in [2.05, 4.69) is 10.6 Å². The Morgan fingerprint density at radius 3 is 2.06 bits per heavy atom. The number of hydrogen-bond acceptors (Lipinski definition) is 4. The van der Waals surface area contributed by atoms with E-state index in [0.29, 0.717) is 12.8 Å². The number of carbonyl (C=O) groups excluding carboxylic acids is 3. The Bertz CT molecular complexity index is 912. The maximum absolute atomic E-state index is 14.2. The highest BCUT2D eigenvalue weighted by atomic mass is 16.6. The largest absolute Gasteiger partial charge is 0.444 e. The summed E-state index contributed by atoms with van der Waals surface area (Å²) in [5.41, 5.74) is 1.54. The van der Waals surface area contributed by atoms with Crippen LogP contribution in [0.15, 0.2) is 18.2 Å². The number of nitrogens with zero attached hydrogens (tertiary/aromatic N) is 1. The van der Waals surface area contributed by atoms with Crippen LogP contribution in [0.5, 0.6) is 0 Å². The monoisotopic (exact) mass is 503 g/mol. The summed E-state index contributed by atoms with van der Waals surface area (Å²) in [5.74, 6) is -0.403. The van der Waals surface area contributed by atoms with E-state index in [1.54, 1.807) is 25.7 Å². The molecule has 3 unspecified atom stereocenters. The number of alkyl carbamates (subject to hydrolysis) is 1. The molecule has 7 nitrogen and oxygen atoms in total. The Balaban J connectivity index is 3.65. The summed E-state index contributed by atoms with van der Waals surface area (Å²) in [6.45, 7) is 23.0. The number of hydrogen-bond donors (Lipinski definition) is 2. The molecule has 0 aliphatic rings. The maximum atomic E-state index is 14.2. The van der Waals surface area contributed by atoms with Gasteiger partial charge >= 0.3 is 6.09 Å². The van der Waals surface area contributed by atoms with E-state index in [1.807, 2.05) is 80.5 Å². The van der Waals surface area contributed by atoms with E-state index >= 15 is 0 Å². The Morgan fingerprint density at radius 1 is 1.00 bits per heavy atom. The predicted molar refractivity (Wildman–Crippen MR) is 146 cm³/mol. The molecule has 0 fully saturated rings. The molecule has 0 radical (unpaired) electrons. The van der Waals surface area contributed by atoms with Gasteiger partial charge in [-0.05, 0) is 92.2 Å². The van der Waals surface area contributed by atoms with Crippen LogP contribution in [0.25, 0.3) is 0 Å². The van der Waals surface area contributed by atoms with Crippen LogP contribution in [-0.4, -0.2) is 46.0 Å². The Kier molecular flexibility index (Phi) is 11.0. The average Bonchev–Trinajstić information content (AvgIpc) is 2.69. The molecule has 3 amide bonds. The molecule has 1 rings (SSSR count). The van der Waals surface area contributed by atoms with Gasteiger partial charge in [-0.3, -0.25) is 9.59 Å². The van der Waals surface area contributed by atoms with Gasteiger partial charge < -0.3 is 20.3 Å². The van der Waals surface area contributed by atoms with Gasteiger partial charge in [-0.25, -0.2) is 4.79 Å². The molecule has 0 aliphatic carbocycles. The molecule has 36 heavy (non-hydrogen) atoms. The van der Waals surface area contributed by atoms with E-state index in [-0.39, 0.29) is 23.8 Å². The van der Waals surface area contributed by atoms with Gasteiger partial charge in [-0.2, -0.15) is 0 Å². The highest BCUT2D eigenvalue weighted by Gasteiger charge is 2.40. The molecular formula is C29H49N3O4. The third-order valence-corrected chi connectivity index (χ3v) is 5.77. The van der Waals surface area contributed by atoms with Gasteiger partial charge in [-0.1, -0.05) is 44.5 Å². The zero-order valence-corrected chi connectivity index (χ0v) is 24.5. The van der Waals surface area contributed by atoms with Crippen LogP contribution in [0.2, 0.25) is 0 Å². The fourth-order valence-corrected chi connectivity index (χ4v) is 4.03. The molecule has 1 aromatic carbocycles. The van der Waals surface area contributed by atoms with Crippen molar-refractivity contribution in [2.75, 3.05) is 0 Å². The van der Waals surface area contributed by atoms with Crippen LogP contribution in [0.3, 0.4) is 0 Å². The van der Waals surface area contributed by atoms with Crippen LogP contribution in [-0.2, 0) is 14.3 Å². The van der Waals surface area contributed by atoms with Crippen molar-refractivity contribution in [3.8, 4) is 0 Å². The third-order valence-electron chi connectivity index (χ3n) is 5.77. The molecule has 3 atom stereocenters. The van der Waals surface area contributed by atoms with Gasteiger partial charge in [0.05, 0.1) is 0 Å². The molecule has 204 valence electrons. The van der Waals surface area contributed by atoms with Gasteiger partial charge in [-0.15, -0.1) is 0 Å². The van der Waals surface area contributed by atoms with Crippen molar-refractivity contribution in [3.05, 3.63) is 34.9 Å². The molecule has 0 saturated heterocycles. The van der Waals surface area contributed by atoms with Crippen molar-refractivity contribution in [2.24, 2.45) is 5.92 Å². The standard InChI is InChI=1S/C29H49N3O4/c1-13-21(6)32(26(34)23(16-18(2)3)30-27(35)36-29(10,11)12)24(25(33)31-28(7,8)9)22-17-19(4)14-15-20(22)5/h14-15,17-18,21,23-24H,13,16H2,1-12H3,(H,30,35)(H,31,33). The lowest BCUT2D eigenvalue weighted by atomic mass is 9.93. The summed E-state index contributed by atoms with van der Waals surface area (Å²) in [7, 11) is 0. The van der Waals surface area contributed by atoms with Crippen molar-refractivity contribution in [3.63, 3.8) is 0 Å². The zero-order valence-electron chi connectivity index (χ0n) is 24.5. The Labute approximate surface area is 218 Å². The smallest absolute Gasteiger partial charge is 0.408 e. The van der Waals surface area contributed by atoms with E-state index in [0.717, 1.165) is 16.7 Å². The third kappa shape index (κ3) is 9.82. The van der Waals surface area contributed by atoms with Crippen LogP contribution in [0.1, 0.15) is 105 Å². The quantitative estimate of drug-likeness (QED) is 0.444. The fraction of sp³-hybridized carbons (Fsp3) is 0.690. The summed E-state index contributed by atoms with van der Waals surface area (Å²) in [6.07, 6.45) is 0.426. The minimum Gasteiger partial charge on any atom is -0.444 e. The van der Waals surface area contributed by atoms with Crippen molar-refractivity contribution in [2.45, 2.75) is 125 Å². The average molecular weight is 504 g/mol. The first kappa shape index (κ1) is 31.5. The minimum absolute atomic E-state index is 0.134. The van der Waals surface area contributed by atoms with Crippen molar-refractivity contribution < 1.29 is 19.1 Å². The maximum Gasteiger partial charge on any atom is 0.408 e. The lowest BCUT2D eigenvalue weighted by Gasteiger charge is -2.40. The lowest BCUT2D eigenvalue weighted by molar-refractivity contribution is -0.146. The number of amides is 3. The molecule has 0 heterocycles. The Morgan fingerprint density at radius 2 is 1.58 bits per heavy atom. The molecular weight excluding hydrogens is 454 g/mol. The summed E-state index contributed by atoms with van der Waals surface area (Å²) >= 11 is 0. The summed E-state index contributed by atoms with van der Waals surface area (Å²) < 4.78 is 5.46. The van der Waals surface area contributed by atoms with E-state index in [1.165, 1.54) is 0 Å². The molecule has 7 heteroatoms. The molecule has 1 aromatic rings. The van der Waals surface area contributed by atoms with Crippen molar-refractivity contribution in [1.29, 1.82) is 0 Å². The second-order valence-corrected chi connectivity index (χ2v) is 12.3. The number of rotatable bonds is 9. The van der Waals surface area contributed by atoms with Gasteiger partial charge in [0.25, 0.3) is 0 Å². The fourth-order valence-electron chi connectivity index (χ4n) is 4.03. The first-order valence-corrected chi connectivity index (χ1v) is 13.1. The van der Waals surface area contributed by atoms with Gasteiger partial charge in [0.1, 0.15) is 17.7 Å². The SMILES string of the molecule is CCC(C)N(C(=O)C(CC(C)C)NC(=O)OC(C)(C)C)C(C(=O)NC(C)(C)C)c1cc(C)ccc1C. The number of benzene rings is 1. The molecule has 2 N–H and O–H groups in total. The van der Waals surface area contributed by atoms with E-state index < -0.39 is 29.3 Å². The number of carbonyl (C=O) groups is 3. The minimum atomic E-state index is -0.846. The molecule has 0 bridgehead atoms. The van der Waals surface area contributed by atoms with Gasteiger partial charge in [0.15, 0.2) is 0 Å². The van der Waals surface area contributed by atoms with Crippen molar-refractivity contribution in [1.82, 2.24) is 15.5 Å². The van der Waals surface area contributed by atoms with E-state index in [4.69, 9.17) is 4.74 Å². The van der Waals surface area contributed by atoms with Crippen LogP contribution in [0, 0.1) is 19.8 Å². The highest BCUT2D eigenvalue weighted by Crippen LogP contribution is 2.30. The van der Waals surface area contributed by atoms with Crippen LogP contribution < -0.4 is 10.6 Å². The van der Waals surface area contributed by atoms with Crippen molar-refractivity contribution >= 4 is 17.9 Å². The number of nitrogens with one attached hydrogen (secondary N) is 2. The second kappa shape index (κ2) is 12.6. The number of ether oxygens (including phenoxy) is 1. The van der Waals surface area contributed by atoms with Gasteiger partial charge in [0, 0.05) is 11.6 Å². The molecule has 0 aromatic heterocycles. The normalized spacial score (nSPS) is 14.6. The Hall–Kier alpha value is -2.57. The summed E-state index contributed by atoms with van der Waals surface area (Å²) in [4.78, 5) is 42.4. The topological polar surface area (TPSA) is 87.7 Å². The molecule has 0 spiro atoms. The predicted octanol–water partition coefficient (Wildman–Crippen LogP) is 5.83. The number of aryl methyl sites for hydroxylation is 2. The first-order valence-electron chi connectivity index (χ1n) is 13.1. The second-order valence-electron chi connectivity index (χ2n) is 12.3. The highest BCUT2D eigenvalue weighted by molar-refractivity contribution is 5.92. The molecule has 0 aliphatic heterocycles. The zero-order chi connectivity index (χ0) is 28.0. The molecule has 0 saturated carbocycles. The van der Waals surface area contributed by atoms with Gasteiger partial charge in [0.2, 0.25) is 11.8 Å². The van der Waals surface area contributed by atoms with E-state index in [9.17, 15) is 14.4 Å². The summed E-state index contributed by atoms with van der Waals surface area (Å²) in [6, 6.07) is 4.03. The lowest BCUT2D eigenvalue weighted by Crippen LogP contribution is -2.57. The summed E-state index contributed by atoms with van der Waals surface area (Å²) in [5, 5.41) is 5.88. The van der Waals surface area contributed by atoms with Crippen LogP contribution >= 0.6 is 0 Å². The van der Waals surface area contributed by atoms with Crippen LogP contribution in [0.4, 0.5) is 4.79 Å².